The van der Waals surface area contributed by atoms with Crippen LogP contribution in [-0.4, -0.2) is 35.5 Å². The Labute approximate surface area is 244 Å². The van der Waals surface area contributed by atoms with Crippen molar-refractivity contribution in [2.45, 2.75) is 39.0 Å². The third kappa shape index (κ3) is 4.40. The number of carbonyl (C=O) groups excluding carboxylic acids is 3. The van der Waals surface area contributed by atoms with E-state index in [2.05, 4.69) is 28.1 Å². The first kappa shape index (κ1) is 27.5. The minimum atomic E-state index is -1.03. The van der Waals surface area contributed by atoms with Crippen molar-refractivity contribution in [3.8, 4) is 0 Å². The Morgan fingerprint density at radius 2 is 1.57 bits per heavy atom. The first-order chi connectivity index (χ1) is 20.3. The molecule has 214 valence electrons. The van der Waals surface area contributed by atoms with E-state index in [0.717, 1.165) is 38.6 Å². The number of hydrogen-bond donors (Lipinski definition) is 1. The van der Waals surface area contributed by atoms with Crippen LogP contribution in [0.15, 0.2) is 95.3 Å². The Kier molecular flexibility index (Phi) is 7.19. The Morgan fingerprint density at radius 3 is 2.31 bits per heavy atom. The van der Waals surface area contributed by atoms with Gasteiger partial charge in [0.1, 0.15) is 5.92 Å². The van der Waals surface area contributed by atoms with E-state index in [4.69, 9.17) is 9.47 Å². The Hall–Kier alpha value is -4.65. The number of allylic oxidation sites excluding steroid dienone is 3. The fourth-order valence-corrected chi connectivity index (χ4v) is 6.73. The molecule has 0 unspecified atom stereocenters. The summed E-state index contributed by atoms with van der Waals surface area (Å²) < 4.78 is 13.1. The number of dihydropyridines is 1. The standard InChI is InChI=1S/C35H34N2O5/c1-5-41-34(39)29-20(3)36-26-19-24(21-12-8-7-9-13-21)31(35(40)42-6-2)33(38)32(26)30(29)22-16-17-28-25(18-22)23-14-10-11-15-27(23)37(28)4/h7-18,24,30-31,36H,5-6,19H2,1-4H3/t24-,30-,31+/m0/s1. The molecule has 2 heterocycles. The van der Waals surface area contributed by atoms with Crippen LogP contribution in [0.4, 0.5) is 0 Å². The van der Waals surface area contributed by atoms with Gasteiger partial charge in [-0.2, -0.15) is 0 Å². The molecule has 1 aromatic heterocycles. The maximum Gasteiger partial charge on any atom is 0.336 e. The molecule has 0 amide bonds. The van der Waals surface area contributed by atoms with Crippen molar-refractivity contribution in [3.05, 3.63) is 106 Å². The molecule has 6 rings (SSSR count). The molecule has 0 bridgehead atoms. The average Bonchev–Trinajstić information content (AvgIpc) is 3.28. The summed E-state index contributed by atoms with van der Waals surface area (Å²) in [7, 11) is 2.03. The van der Waals surface area contributed by atoms with Gasteiger partial charge in [-0.1, -0.05) is 54.6 Å². The number of rotatable bonds is 6. The number of carbonyl (C=O) groups is 3. The molecule has 0 saturated carbocycles. The summed E-state index contributed by atoms with van der Waals surface area (Å²) in [5.74, 6) is -3.49. The first-order valence-corrected chi connectivity index (χ1v) is 14.5. The lowest BCUT2D eigenvalue weighted by Gasteiger charge is -2.39. The van der Waals surface area contributed by atoms with Crippen LogP contribution in [0.25, 0.3) is 21.8 Å². The van der Waals surface area contributed by atoms with E-state index in [-0.39, 0.29) is 19.0 Å². The molecular weight excluding hydrogens is 528 g/mol. The molecule has 1 aliphatic heterocycles. The van der Waals surface area contributed by atoms with Crippen molar-refractivity contribution >= 4 is 39.5 Å². The lowest BCUT2D eigenvalue weighted by atomic mass is 9.67. The number of Topliss-reactive ketones (excluding diaryl/α,β-unsaturated/α-hetero) is 1. The van der Waals surface area contributed by atoms with E-state index in [0.29, 0.717) is 23.3 Å². The zero-order valence-electron chi connectivity index (χ0n) is 24.3. The Morgan fingerprint density at radius 1 is 0.881 bits per heavy atom. The molecule has 2 aliphatic rings. The molecule has 3 atom stereocenters. The van der Waals surface area contributed by atoms with Gasteiger partial charge < -0.3 is 19.4 Å². The number of ether oxygens (including phenoxy) is 2. The molecule has 4 aromatic rings. The molecule has 0 saturated heterocycles. The lowest BCUT2D eigenvalue weighted by molar-refractivity contribution is -0.152. The van der Waals surface area contributed by atoms with E-state index in [1.165, 1.54) is 0 Å². The van der Waals surface area contributed by atoms with Crippen molar-refractivity contribution in [1.82, 2.24) is 9.88 Å². The number of benzene rings is 3. The van der Waals surface area contributed by atoms with E-state index < -0.39 is 29.7 Å². The van der Waals surface area contributed by atoms with Crippen molar-refractivity contribution in [2.24, 2.45) is 13.0 Å². The molecule has 7 heteroatoms. The molecule has 42 heavy (non-hydrogen) atoms. The number of aromatic nitrogens is 1. The molecule has 1 N–H and O–H groups in total. The van der Waals surface area contributed by atoms with Gasteiger partial charge in [-0.15, -0.1) is 0 Å². The van der Waals surface area contributed by atoms with Gasteiger partial charge in [0.25, 0.3) is 0 Å². The van der Waals surface area contributed by atoms with Gasteiger partial charge in [0.2, 0.25) is 0 Å². The number of hydrogen-bond acceptors (Lipinski definition) is 6. The van der Waals surface area contributed by atoms with Crippen LogP contribution in [0.2, 0.25) is 0 Å². The summed E-state index contributed by atoms with van der Waals surface area (Å²) in [6.07, 6.45) is 0.426. The maximum atomic E-state index is 14.6. The van der Waals surface area contributed by atoms with Gasteiger partial charge in [0.15, 0.2) is 5.78 Å². The summed E-state index contributed by atoms with van der Waals surface area (Å²) >= 11 is 0. The third-order valence-electron chi connectivity index (χ3n) is 8.55. The molecule has 0 spiro atoms. The highest BCUT2D eigenvalue weighted by Gasteiger charge is 2.49. The number of nitrogens with zero attached hydrogens (tertiary/aromatic N) is 1. The highest BCUT2D eigenvalue weighted by Crippen LogP contribution is 2.48. The van der Waals surface area contributed by atoms with Crippen LogP contribution in [0, 0.1) is 5.92 Å². The van der Waals surface area contributed by atoms with E-state index in [1.807, 2.05) is 68.6 Å². The molecule has 0 fully saturated rings. The van der Waals surface area contributed by atoms with Crippen LogP contribution in [-0.2, 0) is 30.9 Å². The average molecular weight is 563 g/mol. The van der Waals surface area contributed by atoms with Crippen LogP contribution < -0.4 is 5.32 Å². The SMILES string of the molecule is CCOC(=O)C1=C(C)NC2=C(C(=O)[C@H](C(=O)OCC)[C@H](c3ccccc3)C2)[C@H]1c1ccc2c(c1)c1ccccc1n2C. The van der Waals surface area contributed by atoms with Gasteiger partial charge in [-0.3, -0.25) is 9.59 Å². The van der Waals surface area contributed by atoms with Crippen LogP contribution in [0.3, 0.4) is 0 Å². The summed E-state index contributed by atoms with van der Waals surface area (Å²) in [5.41, 5.74) is 6.00. The number of esters is 2. The highest BCUT2D eigenvalue weighted by molar-refractivity contribution is 6.14. The van der Waals surface area contributed by atoms with Gasteiger partial charge in [0, 0.05) is 57.7 Å². The topological polar surface area (TPSA) is 86.6 Å². The molecular formula is C35H34N2O5. The number of ketones is 1. The second kappa shape index (κ2) is 11.0. The third-order valence-corrected chi connectivity index (χ3v) is 8.55. The van der Waals surface area contributed by atoms with E-state index in [9.17, 15) is 14.4 Å². The minimum Gasteiger partial charge on any atom is -0.465 e. The lowest BCUT2D eigenvalue weighted by Crippen LogP contribution is -2.43. The van der Waals surface area contributed by atoms with Crippen molar-refractivity contribution in [3.63, 3.8) is 0 Å². The van der Waals surface area contributed by atoms with Gasteiger partial charge in [-0.25, -0.2) is 4.79 Å². The highest BCUT2D eigenvalue weighted by atomic mass is 16.5. The first-order valence-electron chi connectivity index (χ1n) is 14.5. The Bertz CT molecular complexity index is 1800. The number of aryl methyl sites for hydroxylation is 1. The van der Waals surface area contributed by atoms with Crippen LogP contribution in [0.1, 0.15) is 50.2 Å². The summed E-state index contributed by atoms with van der Waals surface area (Å²) in [5, 5.41) is 5.49. The van der Waals surface area contributed by atoms with Crippen molar-refractivity contribution < 1.29 is 23.9 Å². The predicted molar refractivity (Wildman–Crippen MR) is 162 cm³/mol. The summed E-state index contributed by atoms with van der Waals surface area (Å²) in [6.45, 7) is 5.72. The van der Waals surface area contributed by atoms with Crippen molar-refractivity contribution in [1.29, 1.82) is 0 Å². The second-order valence-electron chi connectivity index (χ2n) is 10.9. The monoisotopic (exact) mass is 562 g/mol. The zero-order chi connectivity index (χ0) is 29.5. The smallest absolute Gasteiger partial charge is 0.336 e. The maximum absolute atomic E-state index is 14.6. The normalized spacial score (nSPS) is 20.5. The van der Waals surface area contributed by atoms with E-state index >= 15 is 0 Å². The zero-order valence-corrected chi connectivity index (χ0v) is 24.3. The molecule has 1 aliphatic carbocycles. The molecule has 0 radical (unpaired) electrons. The van der Waals surface area contributed by atoms with Crippen LogP contribution in [0.5, 0.6) is 0 Å². The number of nitrogens with one attached hydrogen (secondary N) is 1. The Balaban J connectivity index is 1.57. The van der Waals surface area contributed by atoms with Gasteiger partial charge >= 0.3 is 11.9 Å². The van der Waals surface area contributed by atoms with Gasteiger partial charge in [-0.05, 0) is 56.5 Å². The fourth-order valence-electron chi connectivity index (χ4n) is 6.73. The quantitative estimate of drug-likeness (QED) is 0.228. The predicted octanol–water partition coefficient (Wildman–Crippen LogP) is 6.05. The van der Waals surface area contributed by atoms with Gasteiger partial charge in [0.05, 0.1) is 18.8 Å². The number of fused-ring (bicyclic) bond motifs is 3. The fraction of sp³-hybridized carbons (Fsp3) is 0.286. The molecule has 3 aromatic carbocycles. The largest absolute Gasteiger partial charge is 0.465 e. The van der Waals surface area contributed by atoms with E-state index in [1.54, 1.807) is 13.8 Å². The summed E-state index contributed by atoms with van der Waals surface area (Å²) in [4.78, 5) is 41.5. The van der Waals surface area contributed by atoms with Crippen molar-refractivity contribution in [2.75, 3.05) is 13.2 Å². The molecule has 7 nitrogen and oxygen atoms in total. The summed E-state index contributed by atoms with van der Waals surface area (Å²) in [6, 6.07) is 23.9. The second-order valence-corrected chi connectivity index (χ2v) is 10.9. The van der Waals surface area contributed by atoms with Crippen LogP contribution >= 0.6 is 0 Å². The number of para-hydroxylation sites is 1. The minimum absolute atomic E-state index is 0.169.